The van der Waals surface area contributed by atoms with Crippen LogP contribution in [0.1, 0.15) is 5.56 Å². The molecule has 0 aliphatic heterocycles. The molecular formula is C19H15ClN2O4. The molecule has 3 rings (SSSR count). The Morgan fingerprint density at radius 2 is 1.88 bits per heavy atom. The van der Waals surface area contributed by atoms with E-state index < -0.39 is 4.92 Å². The number of fused-ring (bicyclic) bond motifs is 1. The van der Waals surface area contributed by atoms with Crippen LogP contribution in [0.4, 0.5) is 11.4 Å². The van der Waals surface area contributed by atoms with Crippen molar-refractivity contribution in [3.05, 3.63) is 75.3 Å². The van der Waals surface area contributed by atoms with Gasteiger partial charge < -0.3 is 10.1 Å². The maximum atomic E-state index is 12.1. The maximum absolute atomic E-state index is 12.1. The van der Waals surface area contributed by atoms with Crippen LogP contribution in [-0.2, 0) is 4.79 Å². The van der Waals surface area contributed by atoms with Crippen molar-refractivity contribution in [2.75, 3.05) is 11.9 Å². The standard InChI is InChI=1S/C19H15ClN2O4/c1-12-8-18(22(24)25)16(20)10-17(12)21-19(23)11-26-15-7-6-13-4-2-3-5-14(13)9-15/h2-10H,11H2,1H3,(H,21,23). The molecule has 0 radical (unpaired) electrons. The molecule has 0 atom stereocenters. The van der Waals surface area contributed by atoms with Crippen LogP contribution in [0.25, 0.3) is 10.8 Å². The van der Waals surface area contributed by atoms with E-state index in [2.05, 4.69) is 5.32 Å². The van der Waals surface area contributed by atoms with Gasteiger partial charge in [0, 0.05) is 11.8 Å². The fourth-order valence-corrected chi connectivity index (χ4v) is 2.77. The molecule has 3 aromatic carbocycles. The van der Waals surface area contributed by atoms with Crippen LogP contribution in [0.15, 0.2) is 54.6 Å². The van der Waals surface area contributed by atoms with E-state index in [0.29, 0.717) is 17.0 Å². The molecule has 0 aliphatic carbocycles. The van der Waals surface area contributed by atoms with E-state index in [4.69, 9.17) is 16.3 Å². The third-order valence-electron chi connectivity index (χ3n) is 3.86. The van der Waals surface area contributed by atoms with Crippen LogP contribution in [0, 0.1) is 17.0 Å². The Hall–Kier alpha value is -3.12. The Kier molecular flexibility index (Phi) is 5.04. The van der Waals surface area contributed by atoms with E-state index in [1.807, 2.05) is 36.4 Å². The predicted molar refractivity (Wildman–Crippen MR) is 101 cm³/mol. The highest BCUT2D eigenvalue weighted by Gasteiger charge is 2.16. The smallest absolute Gasteiger partial charge is 0.288 e. The van der Waals surface area contributed by atoms with Crippen LogP contribution in [0.3, 0.4) is 0 Å². The number of amides is 1. The van der Waals surface area contributed by atoms with Gasteiger partial charge >= 0.3 is 0 Å². The fourth-order valence-electron chi connectivity index (χ4n) is 2.53. The fraction of sp³-hybridized carbons (Fsp3) is 0.105. The van der Waals surface area contributed by atoms with E-state index in [9.17, 15) is 14.9 Å². The molecule has 0 aliphatic rings. The van der Waals surface area contributed by atoms with Crippen LogP contribution in [0.2, 0.25) is 5.02 Å². The van der Waals surface area contributed by atoms with Crippen LogP contribution >= 0.6 is 11.6 Å². The number of anilines is 1. The lowest BCUT2D eigenvalue weighted by Gasteiger charge is -2.11. The Labute approximate surface area is 154 Å². The predicted octanol–water partition coefficient (Wildman–Crippen LogP) is 4.73. The van der Waals surface area contributed by atoms with Crippen LogP contribution in [0.5, 0.6) is 5.75 Å². The highest BCUT2D eigenvalue weighted by molar-refractivity contribution is 6.33. The van der Waals surface area contributed by atoms with Crippen molar-refractivity contribution in [2.24, 2.45) is 0 Å². The van der Waals surface area contributed by atoms with Crippen molar-refractivity contribution in [1.82, 2.24) is 0 Å². The number of nitro groups is 1. The molecule has 0 fully saturated rings. The van der Waals surface area contributed by atoms with Gasteiger partial charge in [-0.05, 0) is 41.5 Å². The van der Waals surface area contributed by atoms with Crippen molar-refractivity contribution in [2.45, 2.75) is 6.92 Å². The number of aryl methyl sites for hydroxylation is 1. The molecule has 7 heteroatoms. The number of halogens is 1. The average Bonchev–Trinajstić information content (AvgIpc) is 2.62. The molecular weight excluding hydrogens is 356 g/mol. The molecule has 0 unspecified atom stereocenters. The van der Waals surface area contributed by atoms with Gasteiger partial charge in [-0.25, -0.2) is 0 Å². The zero-order valence-corrected chi connectivity index (χ0v) is 14.6. The lowest BCUT2D eigenvalue weighted by molar-refractivity contribution is -0.384. The quantitative estimate of drug-likeness (QED) is 0.520. The number of carbonyl (C=O) groups is 1. The lowest BCUT2D eigenvalue weighted by Crippen LogP contribution is -2.20. The van der Waals surface area contributed by atoms with Crippen molar-refractivity contribution < 1.29 is 14.5 Å². The topological polar surface area (TPSA) is 81.5 Å². The summed E-state index contributed by atoms with van der Waals surface area (Å²) in [5, 5.41) is 15.6. The number of nitro benzene ring substituents is 1. The second-order valence-corrected chi connectivity index (χ2v) is 6.13. The highest BCUT2D eigenvalue weighted by atomic mass is 35.5. The second-order valence-electron chi connectivity index (χ2n) is 5.72. The van der Waals surface area contributed by atoms with Crippen molar-refractivity contribution in [3.63, 3.8) is 0 Å². The van der Waals surface area contributed by atoms with E-state index >= 15 is 0 Å². The lowest BCUT2D eigenvalue weighted by atomic mass is 10.1. The molecule has 0 heterocycles. The van der Waals surface area contributed by atoms with E-state index in [1.54, 1.807) is 13.0 Å². The minimum atomic E-state index is -0.566. The average molecular weight is 371 g/mol. The van der Waals surface area contributed by atoms with Gasteiger partial charge in [0.15, 0.2) is 6.61 Å². The van der Waals surface area contributed by atoms with Gasteiger partial charge in [-0.2, -0.15) is 0 Å². The summed E-state index contributed by atoms with van der Waals surface area (Å²) >= 11 is 5.88. The number of nitrogens with one attached hydrogen (secondary N) is 1. The molecule has 132 valence electrons. The van der Waals surface area contributed by atoms with Crippen molar-refractivity contribution in [3.8, 4) is 5.75 Å². The summed E-state index contributed by atoms with van der Waals surface area (Å²) in [6.45, 7) is 1.47. The normalized spacial score (nSPS) is 10.5. The first kappa shape index (κ1) is 17.7. The highest BCUT2D eigenvalue weighted by Crippen LogP contribution is 2.30. The molecule has 0 bridgehead atoms. The van der Waals surface area contributed by atoms with Gasteiger partial charge in [-0.3, -0.25) is 14.9 Å². The number of rotatable bonds is 5. The largest absolute Gasteiger partial charge is 0.484 e. The number of carbonyl (C=O) groups excluding carboxylic acids is 1. The summed E-state index contributed by atoms with van der Waals surface area (Å²) in [7, 11) is 0. The second kappa shape index (κ2) is 7.41. The molecule has 0 saturated heterocycles. The Bertz CT molecular complexity index is 1000. The number of hydrogen-bond acceptors (Lipinski definition) is 4. The van der Waals surface area contributed by atoms with Gasteiger partial charge in [-0.15, -0.1) is 0 Å². The van der Waals surface area contributed by atoms with Gasteiger partial charge in [0.2, 0.25) is 0 Å². The van der Waals surface area contributed by atoms with Crippen molar-refractivity contribution >= 4 is 39.7 Å². The number of hydrogen-bond donors (Lipinski definition) is 1. The number of ether oxygens (including phenoxy) is 1. The number of benzene rings is 3. The molecule has 0 aromatic heterocycles. The first-order chi connectivity index (χ1) is 12.4. The summed E-state index contributed by atoms with van der Waals surface area (Å²) in [4.78, 5) is 22.4. The van der Waals surface area contributed by atoms with E-state index in [1.165, 1.54) is 12.1 Å². The summed E-state index contributed by atoms with van der Waals surface area (Å²) in [5.41, 5.74) is 0.752. The zero-order valence-electron chi connectivity index (χ0n) is 13.9. The summed E-state index contributed by atoms with van der Waals surface area (Å²) in [6, 6.07) is 16.1. The van der Waals surface area contributed by atoms with Crippen molar-refractivity contribution in [1.29, 1.82) is 0 Å². The van der Waals surface area contributed by atoms with Gasteiger partial charge in [0.05, 0.1) is 4.92 Å². The van der Waals surface area contributed by atoms with Gasteiger partial charge in [0.25, 0.3) is 11.6 Å². The van der Waals surface area contributed by atoms with Crippen LogP contribution in [-0.4, -0.2) is 17.4 Å². The van der Waals surface area contributed by atoms with E-state index in [-0.39, 0.29) is 23.2 Å². The summed E-state index contributed by atoms with van der Waals surface area (Å²) in [5.74, 6) is 0.198. The molecule has 6 nitrogen and oxygen atoms in total. The minimum Gasteiger partial charge on any atom is -0.484 e. The Morgan fingerprint density at radius 3 is 2.62 bits per heavy atom. The maximum Gasteiger partial charge on any atom is 0.288 e. The molecule has 0 saturated carbocycles. The first-order valence-electron chi connectivity index (χ1n) is 7.80. The van der Waals surface area contributed by atoms with Gasteiger partial charge in [-0.1, -0.05) is 41.9 Å². The monoisotopic (exact) mass is 370 g/mol. The first-order valence-corrected chi connectivity index (χ1v) is 8.18. The van der Waals surface area contributed by atoms with Gasteiger partial charge in [0.1, 0.15) is 10.8 Å². The van der Waals surface area contributed by atoms with Crippen LogP contribution < -0.4 is 10.1 Å². The third-order valence-corrected chi connectivity index (χ3v) is 4.16. The molecule has 3 aromatic rings. The number of nitrogens with zero attached hydrogens (tertiary/aromatic N) is 1. The summed E-state index contributed by atoms with van der Waals surface area (Å²) < 4.78 is 5.53. The zero-order chi connectivity index (χ0) is 18.7. The Morgan fingerprint density at radius 1 is 1.15 bits per heavy atom. The third kappa shape index (κ3) is 3.92. The molecule has 1 amide bonds. The van der Waals surface area contributed by atoms with E-state index in [0.717, 1.165) is 10.8 Å². The molecule has 26 heavy (non-hydrogen) atoms. The Balaban J connectivity index is 1.67. The molecule has 1 N–H and O–H groups in total. The molecule has 0 spiro atoms. The SMILES string of the molecule is Cc1cc([N+](=O)[O-])c(Cl)cc1NC(=O)COc1ccc2ccccc2c1. The minimum absolute atomic E-state index is 0.0358. The summed E-state index contributed by atoms with van der Waals surface area (Å²) in [6.07, 6.45) is 0.